The second-order valence-electron chi connectivity index (χ2n) is 9.10. The summed E-state index contributed by atoms with van der Waals surface area (Å²) in [5.41, 5.74) is 0.709. The molecule has 12 heteroatoms. The Balaban J connectivity index is 2.11. The summed E-state index contributed by atoms with van der Waals surface area (Å²) in [7, 11) is -1.43. The largest absolute Gasteiger partial charge is 0.497 e. The molecule has 0 saturated carbocycles. The lowest BCUT2D eigenvalue weighted by Gasteiger charge is -2.32. The molecule has 0 fully saturated rings. The number of hydrogen-bond acceptors (Lipinski definition) is 6. The number of halogens is 2. The number of rotatable bonds is 13. The fourth-order valence-corrected chi connectivity index (χ4v) is 5.80. The Labute approximate surface area is 251 Å². The van der Waals surface area contributed by atoms with E-state index in [0.29, 0.717) is 29.3 Å². The number of hydrogen-bond donors (Lipinski definition) is 1. The normalized spacial score (nSPS) is 11.9. The number of nitrogens with zero attached hydrogens (tertiary/aromatic N) is 2. The molecular weight excluding hydrogens is 589 g/mol. The summed E-state index contributed by atoms with van der Waals surface area (Å²) >= 11 is 12.3. The van der Waals surface area contributed by atoms with E-state index in [1.165, 1.54) is 37.3 Å². The van der Waals surface area contributed by atoms with Crippen molar-refractivity contribution in [3.63, 3.8) is 0 Å². The van der Waals surface area contributed by atoms with Crippen molar-refractivity contribution in [1.82, 2.24) is 10.2 Å². The number of methoxy groups -OCH3 is 2. The van der Waals surface area contributed by atoms with Crippen molar-refractivity contribution < 1.29 is 27.5 Å². The molecule has 220 valence electrons. The molecule has 0 aliphatic rings. The summed E-state index contributed by atoms with van der Waals surface area (Å²) in [4.78, 5) is 28.3. The molecule has 0 aliphatic carbocycles. The molecule has 9 nitrogen and oxygen atoms in total. The highest BCUT2D eigenvalue weighted by Crippen LogP contribution is 2.36. The van der Waals surface area contributed by atoms with Crippen LogP contribution < -0.4 is 19.1 Å². The topological polar surface area (TPSA) is 105 Å². The molecule has 0 heterocycles. The molecule has 0 saturated heterocycles. The van der Waals surface area contributed by atoms with Gasteiger partial charge in [0.25, 0.3) is 10.0 Å². The monoisotopic (exact) mass is 621 g/mol. The zero-order chi connectivity index (χ0) is 30.2. The fraction of sp³-hybridized carbons (Fsp3) is 0.310. The first kappa shape index (κ1) is 32.0. The van der Waals surface area contributed by atoms with Gasteiger partial charge in [-0.2, -0.15) is 0 Å². The van der Waals surface area contributed by atoms with Gasteiger partial charge in [0, 0.05) is 19.2 Å². The zero-order valence-corrected chi connectivity index (χ0v) is 25.6. The standard InChI is InChI=1S/C29H33Cl2N3O6S/c1-5-15-32-29(36)20(2)33(18-21-11-13-24(30)25(31)16-21)28(35)19-34(41(37,38)23-9-7-6-8-10-23)26-17-22(39-3)12-14-27(26)40-4/h6-14,16-17,20H,5,15,18-19H2,1-4H3,(H,32,36)/t20-/m0/s1. The van der Waals surface area contributed by atoms with Gasteiger partial charge in [-0.1, -0.05) is 54.4 Å². The molecule has 1 N–H and O–H groups in total. The highest BCUT2D eigenvalue weighted by molar-refractivity contribution is 7.92. The fourth-order valence-electron chi connectivity index (χ4n) is 4.04. The van der Waals surface area contributed by atoms with E-state index in [2.05, 4.69) is 5.32 Å². The Morgan fingerprint density at radius 3 is 2.27 bits per heavy atom. The lowest BCUT2D eigenvalue weighted by molar-refractivity contribution is -0.139. The van der Waals surface area contributed by atoms with Gasteiger partial charge in [0.05, 0.1) is 34.8 Å². The predicted octanol–water partition coefficient (Wildman–Crippen LogP) is 5.15. The maximum Gasteiger partial charge on any atom is 0.264 e. The Kier molecular flexibility index (Phi) is 11.3. The minimum atomic E-state index is -4.27. The average Bonchev–Trinajstić information content (AvgIpc) is 2.98. The van der Waals surface area contributed by atoms with Gasteiger partial charge in [0.2, 0.25) is 11.8 Å². The van der Waals surface area contributed by atoms with E-state index in [4.69, 9.17) is 32.7 Å². The summed E-state index contributed by atoms with van der Waals surface area (Å²) in [6, 6.07) is 16.4. The van der Waals surface area contributed by atoms with Gasteiger partial charge < -0.3 is 19.7 Å². The lowest BCUT2D eigenvalue weighted by Crippen LogP contribution is -2.51. The number of anilines is 1. The Morgan fingerprint density at radius 1 is 0.951 bits per heavy atom. The molecule has 0 bridgehead atoms. The van der Waals surface area contributed by atoms with E-state index >= 15 is 0 Å². The molecule has 0 radical (unpaired) electrons. The second-order valence-corrected chi connectivity index (χ2v) is 11.8. The van der Waals surface area contributed by atoms with Gasteiger partial charge in [-0.25, -0.2) is 8.42 Å². The first-order chi connectivity index (χ1) is 19.5. The summed E-state index contributed by atoms with van der Waals surface area (Å²) in [6.45, 7) is 3.27. The van der Waals surface area contributed by atoms with Gasteiger partial charge in [-0.05, 0) is 55.3 Å². The smallest absolute Gasteiger partial charge is 0.264 e. The maximum atomic E-state index is 14.0. The van der Waals surface area contributed by atoms with Crippen molar-refractivity contribution in [3.05, 3.63) is 82.3 Å². The molecule has 0 spiro atoms. The van der Waals surface area contributed by atoms with Crippen molar-refractivity contribution in [2.75, 3.05) is 31.6 Å². The van der Waals surface area contributed by atoms with Crippen LogP contribution in [-0.4, -0.2) is 58.5 Å². The second kappa shape index (κ2) is 14.4. The number of carbonyl (C=O) groups excluding carboxylic acids is 2. The van der Waals surface area contributed by atoms with E-state index in [9.17, 15) is 18.0 Å². The van der Waals surface area contributed by atoms with Crippen LogP contribution in [0.25, 0.3) is 0 Å². The van der Waals surface area contributed by atoms with Crippen LogP contribution >= 0.6 is 23.2 Å². The van der Waals surface area contributed by atoms with E-state index in [1.54, 1.807) is 55.5 Å². The van der Waals surface area contributed by atoms with Crippen molar-refractivity contribution in [2.24, 2.45) is 0 Å². The summed E-state index contributed by atoms with van der Waals surface area (Å²) in [6.07, 6.45) is 0.706. The van der Waals surface area contributed by atoms with Gasteiger partial charge >= 0.3 is 0 Å². The van der Waals surface area contributed by atoms with Gasteiger partial charge in [-0.15, -0.1) is 0 Å². The Morgan fingerprint density at radius 2 is 1.66 bits per heavy atom. The maximum absolute atomic E-state index is 14.0. The third-order valence-corrected chi connectivity index (χ3v) is 8.83. The number of ether oxygens (including phenoxy) is 2. The van der Waals surface area contributed by atoms with Crippen LogP contribution in [0.1, 0.15) is 25.8 Å². The van der Waals surface area contributed by atoms with E-state index in [-0.39, 0.29) is 33.8 Å². The minimum Gasteiger partial charge on any atom is -0.497 e. The molecule has 2 amide bonds. The van der Waals surface area contributed by atoms with E-state index < -0.39 is 28.5 Å². The molecule has 0 unspecified atom stereocenters. The van der Waals surface area contributed by atoms with Crippen LogP contribution in [-0.2, 0) is 26.2 Å². The highest BCUT2D eigenvalue weighted by Gasteiger charge is 2.34. The molecule has 1 atom stereocenters. The third kappa shape index (κ3) is 7.84. The molecule has 3 aromatic rings. The zero-order valence-electron chi connectivity index (χ0n) is 23.3. The average molecular weight is 623 g/mol. The first-order valence-corrected chi connectivity index (χ1v) is 15.0. The van der Waals surface area contributed by atoms with Crippen LogP contribution in [0.2, 0.25) is 10.0 Å². The summed E-state index contributed by atoms with van der Waals surface area (Å²) < 4.78 is 39.8. The van der Waals surface area contributed by atoms with Crippen molar-refractivity contribution in [2.45, 2.75) is 37.8 Å². The number of benzene rings is 3. The van der Waals surface area contributed by atoms with E-state index in [1.807, 2.05) is 6.92 Å². The molecule has 41 heavy (non-hydrogen) atoms. The Bertz CT molecular complexity index is 1470. The minimum absolute atomic E-state index is 0.0229. The van der Waals surface area contributed by atoms with Crippen LogP contribution in [0.4, 0.5) is 5.69 Å². The van der Waals surface area contributed by atoms with Crippen molar-refractivity contribution >= 4 is 50.7 Å². The van der Waals surface area contributed by atoms with E-state index in [0.717, 1.165) is 4.31 Å². The summed E-state index contributed by atoms with van der Waals surface area (Å²) in [5, 5.41) is 3.43. The Hall–Kier alpha value is -3.47. The number of nitrogens with one attached hydrogen (secondary N) is 1. The number of sulfonamides is 1. The third-order valence-electron chi connectivity index (χ3n) is 6.32. The lowest BCUT2D eigenvalue weighted by atomic mass is 10.1. The summed E-state index contributed by atoms with van der Waals surface area (Å²) in [5.74, 6) is -0.430. The SMILES string of the molecule is CCCNC(=O)[C@H](C)N(Cc1ccc(Cl)c(Cl)c1)C(=O)CN(c1cc(OC)ccc1OC)S(=O)(=O)c1ccccc1. The molecule has 0 aromatic heterocycles. The quantitative estimate of drug-likeness (QED) is 0.283. The first-order valence-electron chi connectivity index (χ1n) is 12.8. The number of carbonyl (C=O) groups is 2. The van der Waals surface area contributed by atoms with Gasteiger partial charge in [0.1, 0.15) is 24.1 Å². The van der Waals surface area contributed by atoms with Crippen LogP contribution in [0, 0.1) is 0 Å². The predicted molar refractivity (Wildman–Crippen MR) is 160 cm³/mol. The molecule has 3 rings (SSSR count). The van der Waals surface area contributed by atoms with Crippen molar-refractivity contribution in [1.29, 1.82) is 0 Å². The van der Waals surface area contributed by atoms with Crippen LogP contribution in [0.3, 0.4) is 0 Å². The number of amides is 2. The van der Waals surface area contributed by atoms with Crippen LogP contribution in [0.5, 0.6) is 11.5 Å². The van der Waals surface area contributed by atoms with Gasteiger partial charge in [-0.3, -0.25) is 13.9 Å². The van der Waals surface area contributed by atoms with Crippen LogP contribution in [0.15, 0.2) is 71.6 Å². The molecule has 0 aliphatic heterocycles. The molecule has 3 aromatic carbocycles. The van der Waals surface area contributed by atoms with Crippen molar-refractivity contribution in [3.8, 4) is 11.5 Å². The highest BCUT2D eigenvalue weighted by atomic mass is 35.5. The van der Waals surface area contributed by atoms with Gasteiger partial charge in [0.15, 0.2) is 0 Å². The molecular formula is C29H33Cl2N3O6S.